The lowest BCUT2D eigenvalue weighted by molar-refractivity contribution is 0.0620. The Kier molecular flexibility index (Phi) is 6.23. The largest absolute Gasteiger partial charge is 0.497 e. The van der Waals surface area contributed by atoms with Gasteiger partial charge in [-0.2, -0.15) is 0 Å². The van der Waals surface area contributed by atoms with Crippen LogP contribution in [0.5, 0.6) is 11.5 Å². The molecule has 7 heteroatoms. The van der Waals surface area contributed by atoms with Crippen molar-refractivity contribution in [3.05, 3.63) is 65.5 Å². The molecule has 1 amide bonds. The average Bonchev–Trinajstić information content (AvgIpc) is 3.21. The molecule has 0 atom stereocenters. The summed E-state index contributed by atoms with van der Waals surface area (Å²) in [7, 11) is 3.33. The van der Waals surface area contributed by atoms with E-state index in [0.717, 1.165) is 42.3 Å². The van der Waals surface area contributed by atoms with Gasteiger partial charge in [0.2, 0.25) is 5.89 Å². The Hall–Kier alpha value is -3.32. The summed E-state index contributed by atoms with van der Waals surface area (Å²) in [6, 6.07) is 15.4. The van der Waals surface area contributed by atoms with E-state index in [9.17, 15) is 4.79 Å². The van der Waals surface area contributed by atoms with Crippen molar-refractivity contribution in [2.24, 2.45) is 0 Å². The maximum absolute atomic E-state index is 13.1. The first-order valence-electron chi connectivity index (χ1n) is 10.3. The summed E-state index contributed by atoms with van der Waals surface area (Å²) in [4.78, 5) is 21.7. The van der Waals surface area contributed by atoms with Crippen LogP contribution >= 0.6 is 0 Å². The Labute approximate surface area is 182 Å². The third-order valence-corrected chi connectivity index (χ3v) is 5.56. The molecular weight excluding hydrogens is 394 g/mol. The highest BCUT2D eigenvalue weighted by Gasteiger charge is 2.27. The van der Waals surface area contributed by atoms with Gasteiger partial charge in [-0.25, -0.2) is 4.98 Å². The maximum Gasteiger partial charge on any atom is 0.276 e. The summed E-state index contributed by atoms with van der Waals surface area (Å²) >= 11 is 0. The number of carbonyl (C=O) groups excluding carboxylic acids is 1. The summed E-state index contributed by atoms with van der Waals surface area (Å²) in [5, 5.41) is 0. The van der Waals surface area contributed by atoms with Gasteiger partial charge in [-0.15, -0.1) is 0 Å². The number of carbonyl (C=O) groups is 1. The number of amides is 1. The minimum absolute atomic E-state index is 0.0814. The molecular formula is C24H27N3O4. The number of benzene rings is 2. The van der Waals surface area contributed by atoms with E-state index in [-0.39, 0.29) is 5.91 Å². The van der Waals surface area contributed by atoms with Crippen LogP contribution in [0.2, 0.25) is 0 Å². The Morgan fingerprint density at radius 1 is 1.03 bits per heavy atom. The molecule has 0 radical (unpaired) electrons. The van der Waals surface area contributed by atoms with Crippen molar-refractivity contribution >= 4 is 5.91 Å². The lowest BCUT2D eigenvalue weighted by Gasteiger charge is -2.34. The number of oxazole rings is 1. The SMILES string of the molecule is COc1ccc(OC)c(CN2CCN(C(=O)c3nc(-c4ccccc4)oc3C)CC2)c1. The van der Waals surface area contributed by atoms with E-state index in [1.165, 1.54) is 0 Å². The van der Waals surface area contributed by atoms with Gasteiger partial charge in [-0.05, 0) is 37.3 Å². The molecule has 3 aromatic rings. The standard InChI is InChI=1S/C24H27N3O4/c1-17-22(25-23(31-17)18-7-5-4-6-8-18)24(28)27-13-11-26(12-14-27)16-19-15-20(29-2)9-10-21(19)30-3/h4-10,15H,11-14,16H2,1-3H3. The van der Waals surface area contributed by atoms with E-state index in [1.807, 2.05) is 53.4 Å². The van der Waals surface area contributed by atoms with Crippen molar-refractivity contribution in [3.63, 3.8) is 0 Å². The van der Waals surface area contributed by atoms with Gasteiger partial charge in [0.15, 0.2) is 5.69 Å². The van der Waals surface area contributed by atoms with Crippen molar-refractivity contribution in [1.82, 2.24) is 14.8 Å². The molecule has 0 aliphatic carbocycles. The van der Waals surface area contributed by atoms with Crippen molar-refractivity contribution in [3.8, 4) is 23.0 Å². The highest BCUT2D eigenvalue weighted by Crippen LogP contribution is 2.26. The first-order valence-corrected chi connectivity index (χ1v) is 10.3. The Morgan fingerprint density at radius 2 is 1.77 bits per heavy atom. The summed E-state index contributed by atoms with van der Waals surface area (Å²) < 4.78 is 16.6. The van der Waals surface area contributed by atoms with Gasteiger partial charge in [0, 0.05) is 43.9 Å². The molecule has 0 N–H and O–H groups in total. The van der Waals surface area contributed by atoms with Crippen LogP contribution < -0.4 is 9.47 Å². The molecule has 1 saturated heterocycles. The molecule has 162 valence electrons. The Morgan fingerprint density at radius 3 is 2.45 bits per heavy atom. The van der Waals surface area contributed by atoms with Gasteiger partial charge >= 0.3 is 0 Å². The van der Waals surface area contributed by atoms with Gasteiger partial charge < -0.3 is 18.8 Å². The minimum atomic E-state index is -0.0814. The first kappa shape index (κ1) is 20.9. The van der Waals surface area contributed by atoms with Crippen LogP contribution in [0.15, 0.2) is 52.9 Å². The molecule has 1 aliphatic rings. The summed E-state index contributed by atoms with van der Waals surface area (Å²) in [5.74, 6) is 2.59. The highest BCUT2D eigenvalue weighted by molar-refractivity contribution is 5.93. The van der Waals surface area contributed by atoms with Crippen LogP contribution in [-0.2, 0) is 6.54 Å². The molecule has 2 heterocycles. The minimum Gasteiger partial charge on any atom is -0.497 e. The quantitative estimate of drug-likeness (QED) is 0.606. The number of ether oxygens (including phenoxy) is 2. The van der Waals surface area contributed by atoms with Crippen LogP contribution in [-0.4, -0.2) is 61.1 Å². The molecule has 4 rings (SSSR count). The predicted octanol–water partition coefficient (Wildman–Crippen LogP) is 3.63. The highest BCUT2D eigenvalue weighted by atomic mass is 16.5. The lowest BCUT2D eigenvalue weighted by atomic mass is 10.1. The van der Waals surface area contributed by atoms with Crippen molar-refractivity contribution in [2.75, 3.05) is 40.4 Å². The van der Waals surface area contributed by atoms with E-state index in [2.05, 4.69) is 9.88 Å². The molecule has 0 bridgehead atoms. The summed E-state index contributed by atoms with van der Waals surface area (Å²) in [5.41, 5.74) is 2.32. The fourth-order valence-electron chi connectivity index (χ4n) is 3.80. The maximum atomic E-state index is 13.1. The van der Waals surface area contributed by atoms with E-state index in [0.29, 0.717) is 30.4 Å². The van der Waals surface area contributed by atoms with E-state index in [4.69, 9.17) is 13.9 Å². The van der Waals surface area contributed by atoms with E-state index in [1.54, 1.807) is 21.1 Å². The van der Waals surface area contributed by atoms with Gasteiger partial charge in [0.1, 0.15) is 17.3 Å². The normalized spacial score (nSPS) is 14.5. The number of hydrogen-bond donors (Lipinski definition) is 0. The Balaban J connectivity index is 1.40. The van der Waals surface area contributed by atoms with E-state index >= 15 is 0 Å². The third kappa shape index (κ3) is 4.56. The molecule has 1 fully saturated rings. The van der Waals surface area contributed by atoms with Crippen molar-refractivity contribution in [2.45, 2.75) is 13.5 Å². The fourth-order valence-corrected chi connectivity index (χ4v) is 3.80. The third-order valence-electron chi connectivity index (χ3n) is 5.56. The molecule has 1 aliphatic heterocycles. The second kappa shape index (κ2) is 9.22. The van der Waals surface area contributed by atoms with Crippen LogP contribution in [0.25, 0.3) is 11.5 Å². The Bertz CT molecular complexity index is 1040. The summed E-state index contributed by atoms with van der Waals surface area (Å²) in [6.07, 6.45) is 0. The van der Waals surface area contributed by atoms with Gasteiger partial charge in [-0.3, -0.25) is 9.69 Å². The van der Waals surface area contributed by atoms with Crippen LogP contribution in [0.1, 0.15) is 21.8 Å². The first-order chi connectivity index (χ1) is 15.1. The molecule has 31 heavy (non-hydrogen) atoms. The topological polar surface area (TPSA) is 68.0 Å². The number of rotatable bonds is 6. The molecule has 7 nitrogen and oxygen atoms in total. The second-order valence-electron chi connectivity index (χ2n) is 7.54. The van der Waals surface area contributed by atoms with Crippen LogP contribution in [0, 0.1) is 6.92 Å². The zero-order valence-electron chi connectivity index (χ0n) is 18.1. The number of nitrogens with zero attached hydrogens (tertiary/aromatic N) is 3. The number of aryl methyl sites for hydroxylation is 1. The van der Waals surface area contributed by atoms with Gasteiger partial charge in [0.05, 0.1) is 14.2 Å². The monoisotopic (exact) mass is 421 g/mol. The zero-order valence-corrected chi connectivity index (χ0v) is 18.1. The number of aromatic nitrogens is 1. The van der Waals surface area contributed by atoms with Gasteiger partial charge in [0.25, 0.3) is 5.91 Å². The van der Waals surface area contributed by atoms with Crippen molar-refractivity contribution in [1.29, 1.82) is 0 Å². The fraction of sp³-hybridized carbons (Fsp3) is 0.333. The van der Waals surface area contributed by atoms with Crippen LogP contribution in [0.3, 0.4) is 0 Å². The molecule has 0 spiro atoms. The van der Waals surface area contributed by atoms with E-state index < -0.39 is 0 Å². The lowest BCUT2D eigenvalue weighted by Crippen LogP contribution is -2.48. The number of piperazine rings is 1. The summed E-state index contributed by atoms with van der Waals surface area (Å²) in [6.45, 7) is 5.35. The average molecular weight is 421 g/mol. The van der Waals surface area contributed by atoms with Gasteiger partial charge in [-0.1, -0.05) is 18.2 Å². The zero-order chi connectivity index (χ0) is 21.8. The molecule has 0 unspecified atom stereocenters. The second-order valence-corrected chi connectivity index (χ2v) is 7.54. The van der Waals surface area contributed by atoms with Crippen LogP contribution in [0.4, 0.5) is 0 Å². The number of methoxy groups -OCH3 is 2. The smallest absolute Gasteiger partial charge is 0.276 e. The molecule has 1 aromatic heterocycles. The predicted molar refractivity (Wildman–Crippen MR) is 117 cm³/mol. The van der Waals surface area contributed by atoms with Crippen molar-refractivity contribution < 1.29 is 18.7 Å². The number of hydrogen-bond acceptors (Lipinski definition) is 6. The molecule has 0 saturated carbocycles. The molecule has 2 aromatic carbocycles.